The Morgan fingerprint density at radius 3 is 2.35 bits per heavy atom. The van der Waals surface area contributed by atoms with Crippen molar-refractivity contribution in [1.82, 2.24) is 5.32 Å². The van der Waals surface area contributed by atoms with Crippen LogP contribution in [0, 0.1) is 0 Å². The molecule has 0 aliphatic rings. The fraction of sp³-hybridized carbons (Fsp3) is 0.444. The number of amides is 1. The lowest BCUT2D eigenvalue weighted by Crippen LogP contribution is -2.40. The first-order valence-electron chi connectivity index (χ1n) is 4.65. The summed E-state index contributed by atoms with van der Waals surface area (Å²) in [4.78, 5) is 12.0. The van der Waals surface area contributed by atoms with Crippen LogP contribution in [0.2, 0.25) is 0 Å². The Kier molecular flexibility index (Phi) is 4.02. The van der Waals surface area contributed by atoms with Gasteiger partial charge in [0.15, 0.2) is 0 Å². The molecule has 0 bridgehead atoms. The molecule has 96 valence electrons. The summed E-state index contributed by atoms with van der Waals surface area (Å²) in [6, 6.07) is 1.27. The number of sulfonamides is 1. The summed E-state index contributed by atoms with van der Waals surface area (Å²) in [5, 5.41) is 7.76. The smallest absolute Gasteiger partial charge is 0.261 e. The molecule has 0 unspecified atom stereocenters. The van der Waals surface area contributed by atoms with E-state index in [0.717, 1.165) is 11.3 Å². The minimum absolute atomic E-state index is 0.0680. The molecule has 1 aromatic rings. The zero-order valence-electron chi connectivity index (χ0n) is 9.57. The molecule has 1 rings (SSSR count). The lowest BCUT2D eigenvalue weighted by molar-refractivity contribution is 0.0923. The van der Waals surface area contributed by atoms with E-state index < -0.39 is 10.0 Å². The molecular weight excluding hydrogens is 328 g/mol. The molecule has 1 heterocycles. The summed E-state index contributed by atoms with van der Waals surface area (Å²) in [6.45, 7) is 5.52. The van der Waals surface area contributed by atoms with E-state index >= 15 is 0 Å². The van der Waals surface area contributed by atoms with Gasteiger partial charge in [0.05, 0.1) is 8.66 Å². The van der Waals surface area contributed by atoms with Crippen LogP contribution in [0.3, 0.4) is 0 Å². The number of primary sulfonamides is 1. The van der Waals surface area contributed by atoms with Crippen molar-refractivity contribution in [2.75, 3.05) is 0 Å². The van der Waals surface area contributed by atoms with Crippen molar-refractivity contribution in [3.63, 3.8) is 0 Å². The second-order valence-electron chi connectivity index (χ2n) is 4.50. The molecule has 0 saturated carbocycles. The van der Waals surface area contributed by atoms with Crippen LogP contribution in [0.1, 0.15) is 30.4 Å². The van der Waals surface area contributed by atoms with Crippen LogP contribution in [0.15, 0.2) is 14.7 Å². The first-order chi connectivity index (χ1) is 7.50. The Morgan fingerprint density at radius 2 is 2.00 bits per heavy atom. The van der Waals surface area contributed by atoms with Crippen LogP contribution in [-0.4, -0.2) is 19.9 Å². The monoisotopic (exact) mass is 340 g/mol. The van der Waals surface area contributed by atoms with Crippen LogP contribution >= 0.6 is 27.3 Å². The van der Waals surface area contributed by atoms with Crippen LogP contribution in [-0.2, 0) is 10.0 Å². The molecular formula is C9H13BrN2O3S2. The molecule has 17 heavy (non-hydrogen) atoms. The third-order valence-electron chi connectivity index (χ3n) is 1.67. The van der Waals surface area contributed by atoms with Gasteiger partial charge in [0.2, 0.25) is 10.0 Å². The van der Waals surface area contributed by atoms with E-state index in [4.69, 9.17) is 5.14 Å². The predicted octanol–water partition coefficient (Wildman–Crippen LogP) is 1.69. The maximum atomic E-state index is 11.8. The lowest BCUT2D eigenvalue weighted by Gasteiger charge is -2.19. The summed E-state index contributed by atoms with van der Waals surface area (Å²) in [6.07, 6.45) is 0. The number of nitrogens with two attached hydrogens (primary N) is 1. The van der Waals surface area contributed by atoms with Gasteiger partial charge in [0.25, 0.3) is 5.91 Å². The second-order valence-corrected chi connectivity index (χ2v) is 8.40. The molecule has 1 aromatic heterocycles. The maximum absolute atomic E-state index is 11.8. The van der Waals surface area contributed by atoms with Crippen molar-refractivity contribution in [3.8, 4) is 0 Å². The van der Waals surface area contributed by atoms with E-state index in [1.54, 1.807) is 0 Å². The van der Waals surface area contributed by atoms with Gasteiger partial charge in [-0.1, -0.05) is 0 Å². The summed E-state index contributed by atoms with van der Waals surface area (Å²) >= 11 is 4.12. The predicted molar refractivity (Wildman–Crippen MR) is 70.6 cm³/mol. The number of rotatable bonds is 2. The van der Waals surface area contributed by atoms with Gasteiger partial charge < -0.3 is 5.32 Å². The molecule has 0 radical (unpaired) electrons. The van der Waals surface area contributed by atoms with Crippen molar-refractivity contribution in [3.05, 3.63) is 14.7 Å². The van der Waals surface area contributed by atoms with E-state index in [9.17, 15) is 13.2 Å². The molecule has 5 nitrogen and oxygen atoms in total. The van der Waals surface area contributed by atoms with Gasteiger partial charge in [-0.2, -0.15) is 0 Å². The number of thiophene rings is 1. The second kappa shape index (κ2) is 4.68. The molecule has 0 atom stereocenters. The highest BCUT2D eigenvalue weighted by Gasteiger charge is 2.22. The first-order valence-corrected chi connectivity index (χ1v) is 7.81. The van der Waals surface area contributed by atoms with Gasteiger partial charge in [-0.15, -0.1) is 11.3 Å². The van der Waals surface area contributed by atoms with Gasteiger partial charge in [-0.3, -0.25) is 4.79 Å². The quantitative estimate of drug-likeness (QED) is 0.858. The Balaban J connectivity index is 3.07. The SMILES string of the molecule is CC(C)(C)NC(=O)c1cc(S(N)(=O)=O)c(Br)s1. The lowest BCUT2D eigenvalue weighted by atomic mass is 10.1. The number of carbonyl (C=O) groups excluding carboxylic acids is 1. The Morgan fingerprint density at radius 1 is 1.47 bits per heavy atom. The maximum Gasteiger partial charge on any atom is 0.261 e. The van der Waals surface area contributed by atoms with Crippen molar-refractivity contribution in [2.45, 2.75) is 31.2 Å². The van der Waals surface area contributed by atoms with E-state index in [1.165, 1.54) is 6.07 Å². The molecule has 0 fully saturated rings. The van der Waals surface area contributed by atoms with Crippen LogP contribution in [0.4, 0.5) is 0 Å². The number of hydrogen-bond acceptors (Lipinski definition) is 4. The van der Waals surface area contributed by atoms with Gasteiger partial charge >= 0.3 is 0 Å². The largest absolute Gasteiger partial charge is 0.347 e. The minimum Gasteiger partial charge on any atom is -0.347 e. The zero-order valence-corrected chi connectivity index (χ0v) is 12.8. The number of nitrogens with one attached hydrogen (secondary N) is 1. The molecule has 0 aliphatic heterocycles. The van der Waals surface area contributed by atoms with Gasteiger partial charge in [0, 0.05) is 5.54 Å². The van der Waals surface area contributed by atoms with Crippen LogP contribution in [0.5, 0.6) is 0 Å². The fourth-order valence-corrected chi connectivity index (χ4v) is 4.10. The number of halogens is 1. The van der Waals surface area contributed by atoms with E-state index in [0.29, 0.717) is 8.66 Å². The minimum atomic E-state index is -3.81. The molecule has 3 N–H and O–H groups in total. The Labute approximate surface area is 113 Å². The van der Waals surface area contributed by atoms with E-state index in [2.05, 4.69) is 21.2 Å². The number of hydrogen-bond donors (Lipinski definition) is 2. The summed E-state index contributed by atoms with van der Waals surface area (Å²) in [5.41, 5.74) is -0.380. The highest BCUT2D eigenvalue weighted by atomic mass is 79.9. The third kappa shape index (κ3) is 4.06. The topological polar surface area (TPSA) is 89.3 Å². The summed E-state index contributed by atoms with van der Waals surface area (Å²) in [5.74, 6) is -0.321. The van der Waals surface area contributed by atoms with Gasteiger partial charge in [-0.25, -0.2) is 13.6 Å². The summed E-state index contributed by atoms with van der Waals surface area (Å²) in [7, 11) is -3.81. The molecule has 0 saturated heterocycles. The van der Waals surface area contributed by atoms with Crippen molar-refractivity contribution < 1.29 is 13.2 Å². The normalized spacial score (nSPS) is 12.5. The molecule has 8 heteroatoms. The van der Waals surface area contributed by atoms with Gasteiger partial charge in [0.1, 0.15) is 4.90 Å². The molecule has 0 aliphatic carbocycles. The van der Waals surface area contributed by atoms with E-state index in [1.807, 2.05) is 20.8 Å². The van der Waals surface area contributed by atoms with Crippen molar-refractivity contribution in [2.24, 2.45) is 5.14 Å². The molecule has 1 amide bonds. The average molecular weight is 341 g/mol. The standard InChI is InChI=1S/C9H13BrN2O3S2/c1-9(2,3)12-8(13)5-4-6(7(10)16-5)17(11,14)15/h4H,1-3H3,(H,12,13)(H2,11,14,15). The third-order valence-corrected chi connectivity index (χ3v) is 4.84. The van der Waals surface area contributed by atoms with Crippen molar-refractivity contribution >= 4 is 43.2 Å². The zero-order chi connectivity index (χ0) is 13.4. The van der Waals surface area contributed by atoms with Gasteiger partial charge in [-0.05, 0) is 42.8 Å². The van der Waals surface area contributed by atoms with E-state index in [-0.39, 0.29) is 16.3 Å². The molecule has 0 spiro atoms. The highest BCUT2D eigenvalue weighted by Crippen LogP contribution is 2.31. The Bertz CT molecular complexity index is 543. The van der Waals surface area contributed by atoms with Crippen molar-refractivity contribution in [1.29, 1.82) is 0 Å². The summed E-state index contributed by atoms with van der Waals surface area (Å²) < 4.78 is 22.7. The number of carbonyl (C=O) groups is 1. The average Bonchev–Trinajstić information content (AvgIpc) is 2.42. The van der Waals surface area contributed by atoms with Crippen LogP contribution < -0.4 is 10.5 Å². The fourth-order valence-electron chi connectivity index (χ4n) is 1.06. The van der Waals surface area contributed by atoms with Crippen LogP contribution in [0.25, 0.3) is 0 Å². The first kappa shape index (κ1) is 14.6. The molecule has 0 aromatic carbocycles. The highest BCUT2D eigenvalue weighted by molar-refractivity contribution is 9.11. The Hall–Kier alpha value is -0.440.